The molecule has 4 rings (SSSR count). The van der Waals surface area contributed by atoms with Crippen LogP contribution in [-0.2, 0) is 16.1 Å². The lowest BCUT2D eigenvalue weighted by Crippen LogP contribution is -2.63. The lowest BCUT2D eigenvalue weighted by Gasteiger charge is -2.48. The van der Waals surface area contributed by atoms with Crippen LogP contribution in [0.5, 0.6) is 0 Å². The van der Waals surface area contributed by atoms with Crippen LogP contribution >= 0.6 is 0 Å². The van der Waals surface area contributed by atoms with Crippen molar-refractivity contribution in [1.29, 1.82) is 0 Å². The normalized spacial score (nSPS) is 20.8. The number of fused-ring (bicyclic) bond motifs is 3. The Labute approximate surface area is 163 Å². The van der Waals surface area contributed by atoms with Gasteiger partial charge in [0, 0.05) is 32.4 Å². The molecule has 1 unspecified atom stereocenters. The van der Waals surface area contributed by atoms with Crippen LogP contribution in [0.2, 0.25) is 0 Å². The van der Waals surface area contributed by atoms with Gasteiger partial charge >= 0.3 is 0 Å². The zero-order chi connectivity index (χ0) is 19.9. The second kappa shape index (κ2) is 6.74. The molecule has 0 radical (unpaired) electrons. The minimum atomic E-state index is -0.826. The number of pyridine rings is 1. The molecule has 2 aliphatic heterocycles. The van der Waals surface area contributed by atoms with Gasteiger partial charge in [-0.3, -0.25) is 24.3 Å². The Morgan fingerprint density at radius 2 is 2.00 bits per heavy atom. The van der Waals surface area contributed by atoms with Crippen molar-refractivity contribution in [2.24, 2.45) is 0 Å². The number of carbonyl (C=O) groups is 3. The van der Waals surface area contributed by atoms with E-state index in [4.69, 9.17) is 0 Å². The monoisotopic (exact) mass is 378 g/mol. The molecule has 2 aliphatic rings. The summed E-state index contributed by atoms with van der Waals surface area (Å²) in [6.45, 7) is 2.19. The molecule has 1 atom stereocenters. The lowest BCUT2D eigenvalue weighted by atomic mass is 9.98. The van der Waals surface area contributed by atoms with Gasteiger partial charge < -0.3 is 9.80 Å². The molecular weight excluding hydrogens is 356 g/mol. The van der Waals surface area contributed by atoms with Crippen LogP contribution in [0.3, 0.4) is 0 Å². The fourth-order valence-corrected chi connectivity index (χ4v) is 4.05. The number of anilines is 1. The number of amides is 3. The fourth-order valence-electron chi connectivity index (χ4n) is 4.05. The third kappa shape index (κ3) is 2.83. The van der Waals surface area contributed by atoms with E-state index in [-0.39, 0.29) is 24.3 Å². The minimum Gasteiger partial charge on any atom is -0.340 e. The van der Waals surface area contributed by atoms with Crippen LogP contribution in [0.4, 0.5) is 5.69 Å². The van der Waals surface area contributed by atoms with Crippen LogP contribution in [0, 0.1) is 0 Å². The van der Waals surface area contributed by atoms with Gasteiger partial charge in [0.25, 0.3) is 5.91 Å². The van der Waals surface area contributed by atoms with Crippen LogP contribution < -0.4 is 4.90 Å². The van der Waals surface area contributed by atoms with E-state index in [9.17, 15) is 14.4 Å². The summed E-state index contributed by atoms with van der Waals surface area (Å²) in [6, 6.07) is 10.8. The minimum absolute atomic E-state index is 0.0244. The maximum absolute atomic E-state index is 13.2. The molecule has 28 heavy (non-hydrogen) atoms. The second-order valence-corrected chi connectivity index (χ2v) is 7.47. The number of para-hydroxylation sites is 1. The molecule has 0 spiro atoms. The molecular formula is C21H22N4O3. The predicted molar refractivity (Wildman–Crippen MR) is 103 cm³/mol. The first-order valence-electron chi connectivity index (χ1n) is 9.29. The van der Waals surface area contributed by atoms with Crippen molar-refractivity contribution in [2.75, 3.05) is 18.5 Å². The van der Waals surface area contributed by atoms with E-state index in [0.29, 0.717) is 30.6 Å². The third-order valence-corrected chi connectivity index (χ3v) is 5.61. The first-order chi connectivity index (χ1) is 13.4. The summed E-state index contributed by atoms with van der Waals surface area (Å²) < 4.78 is 0. The van der Waals surface area contributed by atoms with Crippen LogP contribution in [0.15, 0.2) is 48.8 Å². The number of hydrogen-bond donors (Lipinski definition) is 0. The average molecular weight is 378 g/mol. The van der Waals surface area contributed by atoms with Crippen molar-refractivity contribution in [3.8, 4) is 0 Å². The first kappa shape index (κ1) is 18.2. The van der Waals surface area contributed by atoms with Gasteiger partial charge in [0.15, 0.2) is 0 Å². The molecule has 1 fully saturated rings. The fraction of sp³-hybridized carbons (Fsp3) is 0.333. The molecule has 2 aromatic rings. The smallest absolute Gasteiger partial charge is 0.258 e. The van der Waals surface area contributed by atoms with Gasteiger partial charge in [-0.15, -0.1) is 0 Å². The lowest BCUT2D eigenvalue weighted by molar-refractivity contribution is -0.132. The maximum atomic E-state index is 13.2. The standard InChI is InChI=1S/C21H22N4O3/c1-21-10-9-18(26)25(21)17-8-4-3-7-16(17)20(28)24(21)14-19(27)23(2)13-15-6-5-11-22-12-15/h3-8,11-12H,9-10,13-14H2,1-2H3. The molecule has 0 N–H and O–H groups in total. The van der Waals surface area contributed by atoms with Crippen LogP contribution in [0.1, 0.15) is 35.7 Å². The summed E-state index contributed by atoms with van der Waals surface area (Å²) in [6.07, 6.45) is 4.26. The molecule has 3 heterocycles. The van der Waals surface area contributed by atoms with E-state index >= 15 is 0 Å². The van der Waals surface area contributed by atoms with Gasteiger partial charge in [-0.1, -0.05) is 18.2 Å². The highest BCUT2D eigenvalue weighted by Gasteiger charge is 2.53. The highest BCUT2D eigenvalue weighted by Crippen LogP contribution is 2.43. The Morgan fingerprint density at radius 3 is 2.75 bits per heavy atom. The third-order valence-electron chi connectivity index (χ3n) is 5.61. The van der Waals surface area contributed by atoms with Gasteiger partial charge in [-0.25, -0.2) is 0 Å². The van der Waals surface area contributed by atoms with Crippen LogP contribution in [0.25, 0.3) is 0 Å². The predicted octanol–water partition coefficient (Wildman–Crippen LogP) is 2.04. The molecule has 144 valence electrons. The summed E-state index contributed by atoms with van der Waals surface area (Å²) in [5.74, 6) is -0.423. The largest absolute Gasteiger partial charge is 0.340 e. The van der Waals surface area contributed by atoms with Crippen molar-refractivity contribution >= 4 is 23.4 Å². The number of carbonyl (C=O) groups excluding carboxylic acids is 3. The zero-order valence-electron chi connectivity index (χ0n) is 16.0. The van der Waals surface area contributed by atoms with Crippen molar-refractivity contribution < 1.29 is 14.4 Å². The van der Waals surface area contributed by atoms with Gasteiger partial charge in [0.1, 0.15) is 12.2 Å². The summed E-state index contributed by atoms with van der Waals surface area (Å²) in [7, 11) is 1.71. The molecule has 7 nitrogen and oxygen atoms in total. The maximum Gasteiger partial charge on any atom is 0.258 e. The summed E-state index contributed by atoms with van der Waals surface area (Å²) in [5.41, 5.74) is 1.17. The van der Waals surface area contributed by atoms with E-state index in [2.05, 4.69) is 4.98 Å². The Hall–Kier alpha value is -3.22. The topological polar surface area (TPSA) is 73.8 Å². The van der Waals surface area contributed by atoms with E-state index in [1.807, 2.05) is 25.1 Å². The highest BCUT2D eigenvalue weighted by atomic mass is 16.2. The molecule has 0 saturated carbocycles. The number of likely N-dealkylation sites (N-methyl/N-ethyl adjacent to an activating group) is 1. The number of hydrogen-bond acceptors (Lipinski definition) is 4. The molecule has 1 aromatic carbocycles. The number of benzene rings is 1. The number of nitrogens with zero attached hydrogens (tertiary/aromatic N) is 4. The molecule has 3 amide bonds. The van der Waals surface area contributed by atoms with Crippen molar-refractivity contribution in [3.05, 3.63) is 59.9 Å². The van der Waals surface area contributed by atoms with Gasteiger partial charge in [0.05, 0.1) is 11.3 Å². The van der Waals surface area contributed by atoms with E-state index < -0.39 is 5.66 Å². The van der Waals surface area contributed by atoms with Crippen molar-refractivity contribution in [2.45, 2.75) is 32.0 Å². The van der Waals surface area contributed by atoms with Gasteiger partial charge in [-0.05, 0) is 37.1 Å². The highest BCUT2D eigenvalue weighted by molar-refractivity contribution is 6.11. The quantitative estimate of drug-likeness (QED) is 0.816. The van der Waals surface area contributed by atoms with E-state index in [1.54, 1.807) is 52.3 Å². The average Bonchev–Trinajstić information content (AvgIpc) is 3.01. The Kier molecular flexibility index (Phi) is 4.37. The molecule has 7 heteroatoms. The molecule has 0 bridgehead atoms. The molecule has 0 aliphatic carbocycles. The Bertz CT molecular complexity index is 946. The van der Waals surface area contributed by atoms with E-state index in [1.165, 1.54) is 0 Å². The van der Waals surface area contributed by atoms with Gasteiger partial charge in [0.2, 0.25) is 11.8 Å². The van der Waals surface area contributed by atoms with E-state index in [0.717, 1.165) is 5.56 Å². The Balaban J connectivity index is 1.61. The summed E-state index contributed by atoms with van der Waals surface area (Å²) in [5, 5.41) is 0. The summed E-state index contributed by atoms with van der Waals surface area (Å²) in [4.78, 5) is 47.5. The second-order valence-electron chi connectivity index (χ2n) is 7.47. The van der Waals surface area contributed by atoms with Crippen molar-refractivity contribution in [1.82, 2.24) is 14.8 Å². The molecule has 1 saturated heterocycles. The Morgan fingerprint density at radius 1 is 1.21 bits per heavy atom. The zero-order valence-corrected chi connectivity index (χ0v) is 16.0. The SMILES string of the molecule is CN(Cc1cccnc1)C(=O)CN1C(=O)c2ccccc2N2C(=O)CCC12C. The summed E-state index contributed by atoms with van der Waals surface area (Å²) >= 11 is 0. The first-order valence-corrected chi connectivity index (χ1v) is 9.29. The van der Waals surface area contributed by atoms with Crippen LogP contribution in [-0.4, -0.2) is 51.8 Å². The number of aromatic nitrogens is 1. The van der Waals surface area contributed by atoms with Gasteiger partial charge in [-0.2, -0.15) is 0 Å². The van der Waals surface area contributed by atoms with Crippen molar-refractivity contribution in [3.63, 3.8) is 0 Å². The number of rotatable bonds is 4. The molecule has 1 aromatic heterocycles.